The number of thiophene rings is 1. The van der Waals surface area contributed by atoms with Crippen molar-refractivity contribution < 1.29 is 4.74 Å². The highest BCUT2D eigenvalue weighted by Crippen LogP contribution is 2.34. The molecule has 0 aromatic carbocycles. The molecule has 0 aliphatic heterocycles. The number of hydrogen-bond acceptors (Lipinski definition) is 5. The van der Waals surface area contributed by atoms with Gasteiger partial charge < -0.3 is 4.74 Å². The van der Waals surface area contributed by atoms with Crippen LogP contribution in [0.2, 0.25) is 4.34 Å². The van der Waals surface area contributed by atoms with Crippen molar-refractivity contribution in [1.29, 1.82) is 0 Å². The molecule has 0 bridgehead atoms. The Bertz CT molecular complexity index is 503. The van der Waals surface area contributed by atoms with Gasteiger partial charge in [-0.2, -0.15) is 5.10 Å². The molecule has 0 aliphatic carbocycles. The number of hydrazine groups is 1. The average Bonchev–Trinajstić information content (AvgIpc) is 2.97. The lowest BCUT2D eigenvalue weighted by Gasteiger charge is -2.17. The van der Waals surface area contributed by atoms with Gasteiger partial charge in [-0.25, -0.2) is 5.43 Å². The molecule has 3 N–H and O–H groups in total. The summed E-state index contributed by atoms with van der Waals surface area (Å²) >= 11 is 7.45. The van der Waals surface area contributed by atoms with Gasteiger partial charge in [0.05, 0.1) is 17.6 Å². The molecule has 2 aromatic rings. The first-order valence-corrected chi connectivity index (χ1v) is 6.71. The summed E-state index contributed by atoms with van der Waals surface area (Å²) in [7, 11) is 1.62. The minimum Gasteiger partial charge on any atom is -0.493 e. The molecule has 0 fully saturated rings. The molecule has 98 valence electrons. The first-order valence-electron chi connectivity index (χ1n) is 5.52. The van der Waals surface area contributed by atoms with E-state index >= 15 is 0 Å². The van der Waals surface area contributed by atoms with Crippen LogP contribution in [0.3, 0.4) is 0 Å². The Morgan fingerprint density at radius 3 is 2.89 bits per heavy atom. The first-order chi connectivity index (χ1) is 8.71. The topological polar surface area (TPSA) is 65.1 Å². The number of hydrogen-bond donors (Lipinski definition) is 2. The highest BCUT2D eigenvalue weighted by atomic mass is 35.5. The summed E-state index contributed by atoms with van der Waals surface area (Å²) in [4.78, 5) is 1.02. The van der Waals surface area contributed by atoms with Gasteiger partial charge in [-0.1, -0.05) is 11.6 Å². The largest absolute Gasteiger partial charge is 0.493 e. The fourth-order valence-corrected chi connectivity index (χ4v) is 2.98. The van der Waals surface area contributed by atoms with E-state index in [0.717, 1.165) is 21.5 Å². The molecule has 1 atom stereocenters. The SMILES string of the molecule is CCn1ncc(OC)c1C(NN)c1ccc(Cl)s1. The standard InChI is InChI=1S/C11H15ClN4OS/c1-3-16-11(7(17-2)6-14-16)10(15-13)8-4-5-9(12)18-8/h4-6,10,15H,3,13H2,1-2H3. The third-order valence-electron chi connectivity index (χ3n) is 2.68. The van der Waals surface area contributed by atoms with E-state index < -0.39 is 0 Å². The molecule has 0 aliphatic rings. The Morgan fingerprint density at radius 1 is 1.61 bits per heavy atom. The monoisotopic (exact) mass is 286 g/mol. The predicted octanol–water partition coefficient (Wildman–Crippen LogP) is 2.18. The molecule has 5 nitrogen and oxygen atoms in total. The van der Waals surface area contributed by atoms with E-state index in [4.69, 9.17) is 22.2 Å². The molecule has 0 saturated carbocycles. The summed E-state index contributed by atoms with van der Waals surface area (Å²) in [5.41, 5.74) is 3.70. The first kappa shape index (κ1) is 13.4. The molecule has 0 spiro atoms. The number of halogens is 1. The van der Waals surface area contributed by atoms with Gasteiger partial charge in [0.25, 0.3) is 0 Å². The van der Waals surface area contributed by atoms with Crippen molar-refractivity contribution in [2.45, 2.75) is 19.5 Å². The lowest BCUT2D eigenvalue weighted by molar-refractivity contribution is 0.400. The Hall–Kier alpha value is -1.08. The summed E-state index contributed by atoms with van der Waals surface area (Å²) in [6.45, 7) is 2.76. The summed E-state index contributed by atoms with van der Waals surface area (Å²) in [6.07, 6.45) is 1.69. The van der Waals surface area contributed by atoms with Crippen LogP contribution in [0.5, 0.6) is 5.75 Å². The van der Waals surface area contributed by atoms with Crippen LogP contribution in [-0.4, -0.2) is 16.9 Å². The van der Waals surface area contributed by atoms with Crippen LogP contribution in [0.4, 0.5) is 0 Å². The molecular formula is C11H15ClN4OS. The minimum absolute atomic E-state index is 0.181. The molecule has 0 saturated heterocycles. The molecule has 7 heteroatoms. The van der Waals surface area contributed by atoms with Crippen LogP contribution in [0, 0.1) is 0 Å². The van der Waals surface area contributed by atoms with Crippen molar-refractivity contribution in [2.24, 2.45) is 5.84 Å². The lowest BCUT2D eigenvalue weighted by atomic mass is 10.1. The zero-order valence-corrected chi connectivity index (χ0v) is 11.8. The fourth-order valence-electron chi connectivity index (χ4n) is 1.86. The van der Waals surface area contributed by atoms with E-state index in [9.17, 15) is 0 Å². The highest BCUT2D eigenvalue weighted by molar-refractivity contribution is 7.16. The second-order valence-electron chi connectivity index (χ2n) is 3.66. The fraction of sp³-hybridized carbons (Fsp3) is 0.364. The third-order valence-corrected chi connectivity index (χ3v) is 3.98. The van der Waals surface area contributed by atoms with E-state index in [-0.39, 0.29) is 6.04 Å². The summed E-state index contributed by atoms with van der Waals surface area (Å²) in [6, 6.07) is 3.62. The number of aryl methyl sites for hydroxylation is 1. The van der Waals surface area contributed by atoms with E-state index in [1.165, 1.54) is 11.3 Å². The average molecular weight is 287 g/mol. The second kappa shape index (κ2) is 5.71. The van der Waals surface area contributed by atoms with E-state index in [1.54, 1.807) is 13.3 Å². The Kier molecular flexibility index (Phi) is 4.23. The van der Waals surface area contributed by atoms with E-state index in [0.29, 0.717) is 5.75 Å². The maximum atomic E-state index is 5.97. The quantitative estimate of drug-likeness (QED) is 0.653. The number of rotatable bonds is 5. The molecule has 2 heterocycles. The Balaban J connectivity index is 2.46. The molecule has 0 radical (unpaired) electrons. The summed E-state index contributed by atoms with van der Waals surface area (Å²) in [5.74, 6) is 6.38. The van der Waals surface area contributed by atoms with E-state index in [1.807, 2.05) is 23.7 Å². The van der Waals surface area contributed by atoms with Crippen LogP contribution in [0.25, 0.3) is 0 Å². The van der Waals surface area contributed by atoms with Gasteiger partial charge in [0.15, 0.2) is 5.75 Å². The molecule has 1 unspecified atom stereocenters. The van der Waals surface area contributed by atoms with Gasteiger partial charge in [0.2, 0.25) is 0 Å². The number of aromatic nitrogens is 2. The predicted molar refractivity (Wildman–Crippen MR) is 72.9 cm³/mol. The molecule has 2 aromatic heterocycles. The van der Waals surface area contributed by atoms with Crippen molar-refractivity contribution in [1.82, 2.24) is 15.2 Å². The minimum atomic E-state index is -0.181. The third kappa shape index (κ3) is 2.37. The Morgan fingerprint density at radius 2 is 2.39 bits per heavy atom. The maximum Gasteiger partial charge on any atom is 0.162 e. The zero-order chi connectivity index (χ0) is 13.1. The summed E-state index contributed by atoms with van der Waals surface area (Å²) in [5, 5.41) is 4.27. The van der Waals surface area contributed by atoms with Crippen LogP contribution in [0.15, 0.2) is 18.3 Å². The highest BCUT2D eigenvalue weighted by Gasteiger charge is 2.23. The number of methoxy groups -OCH3 is 1. The number of nitrogens with two attached hydrogens (primary N) is 1. The van der Waals surface area contributed by atoms with Crippen molar-refractivity contribution in [2.75, 3.05) is 7.11 Å². The second-order valence-corrected chi connectivity index (χ2v) is 5.40. The van der Waals surface area contributed by atoms with Crippen LogP contribution in [-0.2, 0) is 6.54 Å². The molecular weight excluding hydrogens is 272 g/mol. The van der Waals surface area contributed by atoms with Crippen LogP contribution < -0.4 is 16.0 Å². The maximum absolute atomic E-state index is 5.97. The number of ether oxygens (including phenoxy) is 1. The van der Waals surface area contributed by atoms with Crippen molar-refractivity contribution in [3.05, 3.63) is 33.2 Å². The van der Waals surface area contributed by atoms with Crippen LogP contribution >= 0.6 is 22.9 Å². The lowest BCUT2D eigenvalue weighted by Crippen LogP contribution is -2.30. The normalized spacial score (nSPS) is 12.7. The van der Waals surface area contributed by atoms with Gasteiger partial charge in [-0.3, -0.25) is 10.5 Å². The van der Waals surface area contributed by atoms with Gasteiger partial charge in [0.1, 0.15) is 11.7 Å². The molecule has 18 heavy (non-hydrogen) atoms. The smallest absolute Gasteiger partial charge is 0.162 e. The van der Waals surface area contributed by atoms with Crippen LogP contribution in [0.1, 0.15) is 23.5 Å². The van der Waals surface area contributed by atoms with Gasteiger partial charge in [-0.15, -0.1) is 11.3 Å². The van der Waals surface area contributed by atoms with Gasteiger partial charge >= 0.3 is 0 Å². The van der Waals surface area contributed by atoms with E-state index in [2.05, 4.69) is 10.5 Å². The van der Waals surface area contributed by atoms with Gasteiger partial charge in [-0.05, 0) is 19.1 Å². The van der Waals surface area contributed by atoms with Gasteiger partial charge in [0, 0.05) is 11.4 Å². The number of nitrogens with one attached hydrogen (secondary N) is 1. The summed E-state index contributed by atoms with van der Waals surface area (Å²) < 4.78 is 7.92. The van der Waals surface area contributed by atoms with Crippen molar-refractivity contribution in [3.8, 4) is 5.75 Å². The van der Waals surface area contributed by atoms with Crippen molar-refractivity contribution >= 4 is 22.9 Å². The zero-order valence-electron chi connectivity index (χ0n) is 10.2. The van der Waals surface area contributed by atoms with Crippen molar-refractivity contribution in [3.63, 3.8) is 0 Å². The molecule has 0 amide bonds. The number of nitrogens with zero attached hydrogens (tertiary/aromatic N) is 2. The Labute approximate surface area is 114 Å². The molecule has 2 rings (SSSR count).